The van der Waals surface area contributed by atoms with Crippen molar-refractivity contribution >= 4 is 27.5 Å². The number of benzene rings is 3. The number of rotatable bonds is 12. The van der Waals surface area contributed by atoms with Gasteiger partial charge >= 0.3 is 0 Å². The maximum atomic E-state index is 14.0. The third kappa shape index (κ3) is 7.60. The van der Waals surface area contributed by atoms with Crippen molar-refractivity contribution in [2.75, 3.05) is 18.0 Å². The number of nitrogens with zero attached hydrogens (tertiary/aromatic N) is 2. The van der Waals surface area contributed by atoms with Crippen LogP contribution in [0.25, 0.3) is 0 Å². The first-order chi connectivity index (χ1) is 18.6. The second kappa shape index (κ2) is 13.3. The van der Waals surface area contributed by atoms with Gasteiger partial charge in [0.1, 0.15) is 18.3 Å². The van der Waals surface area contributed by atoms with Crippen LogP contribution in [0.2, 0.25) is 0 Å². The summed E-state index contributed by atoms with van der Waals surface area (Å²) in [7, 11) is -2.51. The maximum absolute atomic E-state index is 14.0. The number of ether oxygens (including phenoxy) is 1. The quantitative estimate of drug-likeness (QED) is 0.357. The summed E-state index contributed by atoms with van der Waals surface area (Å²) in [6.45, 7) is 7.06. The topological polar surface area (TPSA) is 96.0 Å². The summed E-state index contributed by atoms with van der Waals surface area (Å²) in [4.78, 5) is 28.7. The second-order valence-electron chi connectivity index (χ2n) is 9.62. The minimum Gasteiger partial charge on any atom is -0.497 e. The number of hydrogen-bond acceptors (Lipinski definition) is 5. The lowest BCUT2D eigenvalue weighted by molar-refractivity contribution is -0.140. The molecule has 0 radical (unpaired) electrons. The van der Waals surface area contributed by atoms with Crippen LogP contribution in [-0.2, 0) is 26.2 Å². The van der Waals surface area contributed by atoms with Crippen LogP contribution >= 0.6 is 0 Å². The molecule has 208 valence electrons. The molecule has 2 amide bonds. The van der Waals surface area contributed by atoms with Crippen molar-refractivity contribution < 1.29 is 22.7 Å². The molecule has 0 spiro atoms. The summed E-state index contributed by atoms with van der Waals surface area (Å²) in [6.07, 6.45) is 0.358. The van der Waals surface area contributed by atoms with Crippen molar-refractivity contribution in [2.45, 2.75) is 57.6 Å². The molecule has 3 aromatic carbocycles. The van der Waals surface area contributed by atoms with Crippen molar-refractivity contribution in [3.63, 3.8) is 0 Å². The van der Waals surface area contributed by atoms with E-state index in [1.807, 2.05) is 39.8 Å². The van der Waals surface area contributed by atoms with Crippen molar-refractivity contribution in [3.8, 4) is 5.75 Å². The van der Waals surface area contributed by atoms with Crippen LogP contribution in [0.5, 0.6) is 5.75 Å². The van der Waals surface area contributed by atoms with Crippen LogP contribution in [0.1, 0.15) is 38.3 Å². The molecule has 0 saturated heterocycles. The second-order valence-corrected chi connectivity index (χ2v) is 11.5. The zero-order chi connectivity index (χ0) is 28.6. The first kappa shape index (κ1) is 29.7. The zero-order valence-electron chi connectivity index (χ0n) is 23.1. The predicted octanol–water partition coefficient (Wildman–Crippen LogP) is 4.53. The van der Waals surface area contributed by atoms with Crippen molar-refractivity contribution in [1.82, 2.24) is 10.2 Å². The lowest BCUT2D eigenvalue weighted by Crippen LogP contribution is -2.53. The smallest absolute Gasteiger partial charge is 0.264 e. The number of hydrogen-bond donors (Lipinski definition) is 1. The SMILES string of the molecule is CC[C@H](C(=O)NC(C)C)N(Cc1ccc(OC)cc1)C(=O)CN(c1ccccc1)S(=O)(=O)c1ccc(C)cc1. The highest BCUT2D eigenvalue weighted by Gasteiger charge is 2.33. The van der Waals surface area contributed by atoms with Gasteiger partial charge in [-0.3, -0.25) is 13.9 Å². The molecule has 9 heteroatoms. The van der Waals surface area contributed by atoms with Crippen molar-refractivity contribution in [2.24, 2.45) is 0 Å². The van der Waals surface area contributed by atoms with Crippen LogP contribution in [0.4, 0.5) is 5.69 Å². The Labute approximate surface area is 231 Å². The molecular weight excluding hydrogens is 514 g/mol. The molecule has 0 aliphatic heterocycles. The van der Waals surface area contributed by atoms with E-state index in [1.54, 1.807) is 61.7 Å². The Kier molecular flexibility index (Phi) is 10.1. The number of para-hydroxylation sites is 1. The molecule has 3 rings (SSSR count). The molecule has 8 nitrogen and oxygen atoms in total. The summed E-state index contributed by atoms with van der Waals surface area (Å²) < 4.78 is 34.0. The standard InChI is InChI=1S/C30H37N3O5S/c1-6-28(30(35)31-22(2)3)32(20-24-14-16-26(38-5)17-15-24)29(34)21-33(25-10-8-7-9-11-25)39(36,37)27-18-12-23(4)13-19-27/h7-19,22,28H,6,20-21H2,1-5H3,(H,31,35)/t28-/m1/s1. The lowest BCUT2D eigenvalue weighted by Gasteiger charge is -2.33. The molecule has 1 atom stereocenters. The Morgan fingerprint density at radius 2 is 1.54 bits per heavy atom. The monoisotopic (exact) mass is 551 g/mol. The molecule has 0 aromatic heterocycles. The van der Waals surface area contributed by atoms with E-state index >= 15 is 0 Å². The van der Waals surface area contributed by atoms with Gasteiger partial charge in [-0.05, 0) is 69.2 Å². The third-order valence-corrected chi connectivity index (χ3v) is 8.05. The molecule has 3 aromatic rings. The number of aryl methyl sites for hydroxylation is 1. The summed E-state index contributed by atoms with van der Waals surface area (Å²) in [5, 5.41) is 2.89. The fourth-order valence-electron chi connectivity index (χ4n) is 4.19. The summed E-state index contributed by atoms with van der Waals surface area (Å²) in [6, 6.07) is 21.3. The number of sulfonamides is 1. The van der Waals surface area contributed by atoms with Crippen LogP contribution in [0.3, 0.4) is 0 Å². The number of carbonyl (C=O) groups excluding carboxylic acids is 2. The number of methoxy groups -OCH3 is 1. The first-order valence-electron chi connectivity index (χ1n) is 12.9. The Hall–Kier alpha value is -3.85. The normalized spacial score (nSPS) is 12.1. The highest BCUT2D eigenvalue weighted by Crippen LogP contribution is 2.25. The summed E-state index contributed by atoms with van der Waals surface area (Å²) in [5.41, 5.74) is 2.06. The van der Waals surface area contributed by atoms with Gasteiger partial charge in [0, 0.05) is 12.6 Å². The third-order valence-electron chi connectivity index (χ3n) is 6.26. The largest absolute Gasteiger partial charge is 0.497 e. The average Bonchev–Trinajstić information content (AvgIpc) is 2.92. The molecule has 39 heavy (non-hydrogen) atoms. The van der Waals surface area contributed by atoms with Gasteiger partial charge in [0.25, 0.3) is 10.0 Å². The average molecular weight is 552 g/mol. The molecule has 0 fully saturated rings. The van der Waals surface area contributed by atoms with Gasteiger partial charge in [0.05, 0.1) is 17.7 Å². The van der Waals surface area contributed by atoms with E-state index in [-0.39, 0.29) is 23.4 Å². The van der Waals surface area contributed by atoms with E-state index in [0.29, 0.717) is 17.9 Å². The molecular formula is C30H37N3O5S. The Bertz CT molecular complexity index is 1340. The Morgan fingerprint density at radius 1 is 0.923 bits per heavy atom. The fraction of sp³-hybridized carbons (Fsp3) is 0.333. The van der Waals surface area contributed by atoms with Crippen LogP contribution in [0.15, 0.2) is 83.8 Å². The van der Waals surface area contributed by atoms with Gasteiger partial charge in [-0.15, -0.1) is 0 Å². The minimum absolute atomic E-state index is 0.0797. The van der Waals surface area contributed by atoms with E-state index in [9.17, 15) is 18.0 Å². The highest BCUT2D eigenvalue weighted by molar-refractivity contribution is 7.92. The van der Waals surface area contributed by atoms with E-state index in [4.69, 9.17) is 4.74 Å². The first-order valence-corrected chi connectivity index (χ1v) is 14.4. The van der Waals surface area contributed by atoms with Crippen molar-refractivity contribution in [1.29, 1.82) is 0 Å². The van der Waals surface area contributed by atoms with E-state index in [0.717, 1.165) is 15.4 Å². The zero-order valence-corrected chi connectivity index (χ0v) is 23.9. The lowest BCUT2D eigenvalue weighted by atomic mass is 10.1. The van der Waals surface area contributed by atoms with Gasteiger partial charge in [0.2, 0.25) is 11.8 Å². The van der Waals surface area contributed by atoms with Crippen LogP contribution < -0.4 is 14.4 Å². The van der Waals surface area contributed by atoms with E-state index in [1.165, 1.54) is 17.0 Å². The molecule has 1 N–H and O–H groups in total. The van der Waals surface area contributed by atoms with Gasteiger partial charge in [-0.2, -0.15) is 0 Å². The number of anilines is 1. The minimum atomic E-state index is -4.08. The van der Waals surface area contributed by atoms with E-state index < -0.39 is 28.5 Å². The Morgan fingerprint density at radius 3 is 2.08 bits per heavy atom. The molecule has 0 saturated carbocycles. The number of carbonyl (C=O) groups is 2. The maximum Gasteiger partial charge on any atom is 0.264 e. The van der Waals surface area contributed by atoms with Gasteiger partial charge in [-0.1, -0.05) is 55.0 Å². The van der Waals surface area contributed by atoms with Gasteiger partial charge < -0.3 is 15.0 Å². The highest BCUT2D eigenvalue weighted by atomic mass is 32.2. The summed E-state index contributed by atoms with van der Waals surface area (Å²) >= 11 is 0. The molecule has 0 bridgehead atoms. The number of amides is 2. The fourth-order valence-corrected chi connectivity index (χ4v) is 5.60. The predicted molar refractivity (Wildman–Crippen MR) is 153 cm³/mol. The van der Waals surface area contributed by atoms with Crippen molar-refractivity contribution in [3.05, 3.63) is 90.0 Å². The molecule has 0 aliphatic carbocycles. The van der Waals surface area contributed by atoms with Crippen LogP contribution in [0, 0.1) is 6.92 Å². The molecule has 0 unspecified atom stereocenters. The van der Waals surface area contributed by atoms with Crippen LogP contribution in [-0.4, -0.2) is 50.9 Å². The number of nitrogens with one attached hydrogen (secondary N) is 1. The van der Waals surface area contributed by atoms with Gasteiger partial charge in [-0.25, -0.2) is 8.42 Å². The molecule has 0 aliphatic rings. The van der Waals surface area contributed by atoms with Gasteiger partial charge in [0.15, 0.2) is 0 Å². The van der Waals surface area contributed by atoms with E-state index in [2.05, 4.69) is 5.32 Å². The summed E-state index contributed by atoms with van der Waals surface area (Å²) in [5.74, 6) is -0.112. The Balaban J connectivity index is 2.03. The molecule has 0 heterocycles.